The number of nitrogens with one attached hydrogen (secondary N) is 1. The lowest BCUT2D eigenvalue weighted by molar-refractivity contribution is -0.144. The number of amides is 2. The van der Waals surface area contributed by atoms with Gasteiger partial charge in [-0.2, -0.15) is 5.10 Å². The second-order valence-electron chi connectivity index (χ2n) is 4.45. The van der Waals surface area contributed by atoms with Crippen molar-refractivity contribution in [2.45, 2.75) is 26.4 Å². The molecule has 1 N–H and O–H groups in total. The van der Waals surface area contributed by atoms with Gasteiger partial charge in [0, 0.05) is 7.05 Å². The average Bonchev–Trinajstić information content (AvgIpc) is 2.52. The molecule has 1 aliphatic heterocycles. The SMILES string of the molecule is Cc1nn(C)c(CN2CC(=O)NC(C)C2=O)c1Cl. The van der Waals surface area contributed by atoms with Gasteiger partial charge < -0.3 is 10.2 Å². The molecule has 7 heteroatoms. The molecule has 1 aromatic heterocycles. The molecular formula is C11H15ClN4O2. The Morgan fingerprint density at radius 3 is 2.72 bits per heavy atom. The Labute approximate surface area is 110 Å². The zero-order valence-electron chi connectivity index (χ0n) is 10.5. The Balaban J connectivity index is 2.22. The molecule has 1 saturated heterocycles. The molecule has 18 heavy (non-hydrogen) atoms. The number of aromatic nitrogens is 2. The van der Waals surface area contributed by atoms with Gasteiger partial charge in [0.1, 0.15) is 12.6 Å². The van der Waals surface area contributed by atoms with Crippen molar-refractivity contribution in [3.05, 3.63) is 16.4 Å². The van der Waals surface area contributed by atoms with Crippen LogP contribution in [0.3, 0.4) is 0 Å². The summed E-state index contributed by atoms with van der Waals surface area (Å²) in [5, 5.41) is 7.32. The number of nitrogens with zero attached hydrogens (tertiary/aromatic N) is 3. The number of hydrogen-bond donors (Lipinski definition) is 1. The highest BCUT2D eigenvalue weighted by atomic mass is 35.5. The van der Waals surface area contributed by atoms with E-state index in [-0.39, 0.29) is 18.4 Å². The molecule has 0 spiro atoms. The Kier molecular flexibility index (Phi) is 3.30. The van der Waals surface area contributed by atoms with Gasteiger partial charge in [-0.05, 0) is 13.8 Å². The molecule has 98 valence electrons. The highest BCUT2D eigenvalue weighted by Crippen LogP contribution is 2.21. The minimum Gasteiger partial charge on any atom is -0.343 e. The van der Waals surface area contributed by atoms with Gasteiger partial charge in [-0.3, -0.25) is 14.3 Å². The van der Waals surface area contributed by atoms with Crippen molar-refractivity contribution in [2.75, 3.05) is 6.54 Å². The van der Waals surface area contributed by atoms with Crippen LogP contribution in [0.15, 0.2) is 0 Å². The number of hydrogen-bond acceptors (Lipinski definition) is 3. The third kappa shape index (κ3) is 2.20. The Morgan fingerprint density at radius 2 is 2.17 bits per heavy atom. The summed E-state index contributed by atoms with van der Waals surface area (Å²) < 4.78 is 1.64. The molecule has 1 fully saturated rings. The number of halogens is 1. The Bertz CT molecular complexity index is 511. The fourth-order valence-electron chi connectivity index (χ4n) is 2.04. The second kappa shape index (κ2) is 4.61. The van der Waals surface area contributed by atoms with Crippen LogP contribution >= 0.6 is 11.6 Å². The van der Waals surface area contributed by atoms with Crippen molar-refractivity contribution in [1.82, 2.24) is 20.0 Å². The molecule has 1 atom stereocenters. The summed E-state index contributed by atoms with van der Waals surface area (Å²) in [7, 11) is 1.77. The van der Waals surface area contributed by atoms with Crippen LogP contribution in [0.2, 0.25) is 5.02 Å². The van der Waals surface area contributed by atoms with Gasteiger partial charge in [-0.25, -0.2) is 0 Å². The molecule has 2 heterocycles. The van der Waals surface area contributed by atoms with Crippen molar-refractivity contribution < 1.29 is 9.59 Å². The van der Waals surface area contributed by atoms with Crippen molar-refractivity contribution in [2.24, 2.45) is 7.05 Å². The van der Waals surface area contributed by atoms with E-state index in [4.69, 9.17) is 11.6 Å². The van der Waals surface area contributed by atoms with Crippen LogP contribution < -0.4 is 5.32 Å². The van der Waals surface area contributed by atoms with Crippen LogP contribution in [0.5, 0.6) is 0 Å². The molecule has 0 radical (unpaired) electrons. The number of aryl methyl sites for hydroxylation is 2. The molecule has 1 aliphatic rings. The van der Waals surface area contributed by atoms with Crippen LogP contribution in [-0.4, -0.2) is 39.1 Å². The van der Waals surface area contributed by atoms with E-state index in [1.165, 1.54) is 4.90 Å². The molecule has 2 amide bonds. The highest BCUT2D eigenvalue weighted by Gasteiger charge is 2.30. The molecule has 1 unspecified atom stereocenters. The molecule has 2 rings (SSSR count). The summed E-state index contributed by atoms with van der Waals surface area (Å²) in [5.41, 5.74) is 1.46. The summed E-state index contributed by atoms with van der Waals surface area (Å²) in [6, 6.07) is -0.487. The van der Waals surface area contributed by atoms with Crippen LogP contribution in [0.25, 0.3) is 0 Å². The fraction of sp³-hybridized carbons (Fsp3) is 0.545. The van der Waals surface area contributed by atoms with Crippen LogP contribution in [0, 0.1) is 6.92 Å². The standard InChI is InChI=1S/C11H15ClN4O2/c1-6-10(12)8(15(3)14-6)4-16-5-9(17)13-7(2)11(16)18/h7H,4-5H2,1-3H3,(H,13,17). The predicted octanol–water partition coefficient (Wildman–Crippen LogP) is 0.229. The monoisotopic (exact) mass is 270 g/mol. The van der Waals surface area contributed by atoms with Gasteiger partial charge >= 0.3 is 0 Å². The van der Waals surface area contributed by atoms with Crippen LogP contribution in [0.1, 0.15) is 18.3 Å². The number of carbonyl (C=O) groups excluding carboxylic acids is 2. The summed E-state index contributed by atoms with van der Waals surface area (Å²) in [4.78, 5) is 24.9. The maximum atomic E-state index is 11.9. The molecule has 0 saturated carbocycles. The van der Waals surface area contributed by atoms with Crippen molar-refractivity contribution in [3.63, 3.8) is 0 Å². The van der Waals surface area contributed by atoms with Crippen LogP contribution in [0.4, 0.5) is 0 Å². The second-order valence-corrected chi connectivity index (χ2v) is 4.83. The maximum Gasteiger partial charge on any atom is 0.245 e. The summed E-state index contributed by atoms with van der Waals surface area (Å²) in [6.07, 6.45) is 0. The lowest BCUT2D eigenvalue weighted by Crippen LogP contribution is -2.56. The quantitative estimate of drug-likeness (QED) is 0.836. The van der Waals surface area contributed by atoms with Crippen molar-refractivity contribution in [3.8, 4) is 0 Å². The average molecular weight is 271 g/mol. The van der Waals surface area contributed by atoms with Gasteiger partial charge in [-0.1, -0.05) is 11.6 Å². The molecule has 0 aromatic carbocycles. The van der Waals surface area contributed by atoms with Crippen molar-refractivity contribution >= 4 is 23.4 Å². The first kappa shape index (κ1) is 12.9. The minimum absolute atomic E-state index is 0.0593. The van der Waals surface area contributed by atoms with Gasteiger partial charge in [0.2, 0.25) is 11.8 Å². The van der Waals surface area contributed by atoms with Gasteiger partial charge in [0.05, 0.1) is 23.0 Å². The lowest BCUT2D eigenvalue weighted by atomic mass is 10.2. The molecule has 1 aromatic rings. The normalized spacial score (nSPS) is 20.2. The first-order chi connectivity index (χ1) is 8.40. The Morgan fingerprint density at radius 1 is 1.50 bits per heavy atom. The number of rotatable bonds is 2. The van der Waals surface area contributed by atoms with Gasteiger partial charge in [0.15, 0.2) is 0 Å². The number of carbonyl (C=O) groups is 2. The van der Waals surface area contributed by atoms with E-state index in [0.29, 0.717) is 11.6 Å². The maximum absolute atomic E-state index is 11.9. The molecule has 6 nitrogen and oxygen atoms in total. The van der Waals surface area contributed by atoms with E-state index in [9.17, 15) is 9.59 Å². The highest BCUT2D eigenvalue weighted by molar-refractivity contribution is 6.31. The molecule has 0 bridgehead atoms. The minimum atomic E-state index is -0.487. The van der Waals surface area contributed by atoms with Crippen molar-refractivity contribution in [1.29, 1.82) is 0 Å². The molecular weight excluding hydrogens is 256 g/mol. The Hall–Kier alpha value is -1.56. The largest absolute Gasteiger partial charge is 0.343 e. The van der Waals surface area contributed by atoms with E-state index in [2.05, 4.69) is 10.4 Å². The third-order valence-corrected chi connectivity index (χ3v) is 3.49. The lowest BCUT2D eigenvalue weighted by Gasteiger charge is -2.30. The first-order valence-electron chi connectivity index (χ1n) is 5.66. The van der Waals surface area contributed by atoms with E-state index in [1.807, 2.05) is 0 Å². The summed E-state index contributed by atoms with van der Waals surface area (Å²) in [5.74, 6) is -0.262. The van der Waals surface area contributed by atoms with E-state index < -0.39 is 6.04 Å². The van der Waals surface area contributed by atoms with E-state index >= 15 is 0 Å². The number of piperazine rings is 1. The van der Waals surface area contributed by atoms with Gasteiger partial charge in [0.25, 0.3) is 0 Å². The van der Waals surface area contributed by atoms with Gasteiger partial charge in [-0.15, -0.1) is 0 Å². The van der Waals surface area contributed by atoms with Crippen LogP contribution in [-0.2, 0) is 23.2 Å². The predicted molar refractivity (Wildman–Crippen MR) is 66.0 cm³/mol. The first-order valence-corrected chi connectivity index (χ1v) is 6.04. The zero-order valence-corrected chi connectivity index (χ0v) is 11.3. The fourth-order valence-corrected chi connectivity index (χ4v) is 2.26. The summed E-state index contributed by atoms with van der Waals surface area (Å²) >= 11 is 6.13. The smallest absolute Gasteiger partial charge is 0.245 e. The molecule has 0 aliphatic carbocycles. The topological polar surface area (TPSA) is 67.2 Å². The summed E-state index contributed by atoms with van der Waals surface area (Å²) in [6.45, 7) is 3.83. The van der Waals surface area contributed by atoms with E-state index in [0.717, 1.165) is 11.4 Å². The third-order valence-electron chi connectivity index (χ3n) is 3.00. The van der Waals surface area contributed by atoms with E-state index in [1.54, 1.807) is 25.6 Å². The zero-order chi connectivity index (χ0) is 13.4.